The molecule has 0 aromatic carbocycles. The third-order valence-electron chi connectivity index (χ3n) is 2.58. The van der Waals surface area contributed by atoms with Gasteiger partial charge in [0.25, 0.3) is 0 Å². The third kappa shape index (κ3) is 3.24. The summed E-state index contributed by atoms with van der Waals surface area (Å²) in [4.78, 5) is 4.47. The second-order valence-corrected chi connectivity index (χ2v) is 5.64. The van der Waals surface area contributed by atoms with E-state index < -0.39 is 0 Å². The van der Waals surface area contributed by atoms with Crippen molar-refractivity contribution in [2.45, 2.75) is 51.6 Å². The van der Waals surface area contributed by atoms with Crippen LogP contribution in [-0.2, 0) is 6.42 Å². The molecule has 3 nitrogen and oxygen atoms in total. The largest absolute Gasteiger partial charge is 0.393 e. The summed E-state index contributed by atoms with van der Waals surface area (Å²) in [5.74, 6) is 2.17. The molecule has 1 unspecified atom stereocenters. The van der Waals surface area contributed by atoms with Crippen molar-refractivity contribution in [2.24, 2.45) is 5.92 Å². The van der Waals surface area contributed by atoms with Crippen molar-refractivity contribution in [3.8, 4) is 0 Å². The fourth-order valence-corrected chi connectivity index (χ4v) is 2.48. The number of aliphatic hydroxyl groups excluding tert-OH is 1. The quantitative estimate of drug-likeness (QED) is 0.838. The summed E-state index contributed by atoms with van der Waals surface area (Å²) in [6, 6.07) is 0. The van der Waals surface area contributed by atoms with Crippen LogP contribution in [-0.4, -0.2) is 20.6 Å². The van der Waals surface area contributed by atoms with Crippen LogP contribution in [0.5, 0.6) is 0 Å². The van der Waals surface area contributed by atoms with Gasteiger partial charge in [-0.25, -0.2) is 4.98 Å². The summed E-state index contributed by atoms with van der Waals surface area (Å²) in [5, 5.41) is 10.8. The van der Waals surface area contributed by atoms with Crippen molar-refractivity contribution in [1.29, 1.82) is 0 Å². The number of aromatic nitrogens is 2. The lowest BCUT2D eigenvalue weighted by molar-refractivity contribution is 0.149. The van der Waals surface area contributed by atoms with E-state index in [0.29, 0.717) is 18.3 Å². The number of hydrogen-bond acceptors (Lipinski definition) is 4. The van der Waals surface area contributed by atoms with Crippen LogP contribution in [0, 0.1) is 5.92 Å². The van der Waals surface area contributed by atoms with Gasteiger partial charge in [0.1, 0.15) is 10.8 Å². The van der Waals surface area contributed by atoms with Gasteiger partial charge in [-0.3, -0.25) is 0 Å². The number of hydrogen-bond donors (Lipinski definition) is 1. The molecule has 1 aliphatic carbocycles. The average Bonchev–Trinajstić information content (AvgIpc) is 2.87. The smallest absolute Gasteiger partial charge is 0.145 e. The normalized spacial score (nSPS) is 18.4. The van der Waals surface area contributed by atoms with E-state index in [2.05, 4.69) is 23.2 Å². The number of aliphatic hydroxyl groups is 1. The fraction of sp³-hybridized carbons (Fsp3) is 0.818. The molecule has 0 saturated heterocycles. The zero-order valence-corrected chi connectivity index (χ0v) is 10.1. The Labute approximate surface area is 94.7 Å². The summed E-state index contributed by atoms with van der Waals surface area (Å²) in [6.45, 7) is 4.25. The van der Waals surface area contributed by atoms with E-state index >= 15 is 0 Å². The van der Waals surface area contributed by atoms with Gasteiger partial charge in [0.2, 0.25) is 0 Å². The summed E-state index contributed by atoms with van der Waals surface area (Å²) in [7, 11) is 0. The molecular formula is C11H18N2OS. The molecule has 84 valence electrons. The second kappa shape index (κ2) is 4.58. The highest BCUT2D eigenvalue weighted by atomic mass is 32.1. The molecular weight excluding hydrogens is 208 g/mol. The minimum Gasteiger partial charge on any atom is -0.393 e. The number of nitrogens with zero attached hydrogens (tertiary/aromatic N) is 2. The third-order valence-corrected chi connectivity index (χ3v) is 3.33. The first-order valence-electron chi connectivity index (χ1n) is 5.65. The topological polar surface area (TPSA) is 46.0 Å². The van der Waals surface area contributed by atoms with Gasteiger partial charge < -0.3 is 5.11 Å². The van der Waals surface area contributed by atoms with Crippen molar-refractivity contribution in [1.82, 2.24) is 9.36 Å². The lowest BCUT2D eigenvalue weighted by Crippen LogP contribution is -2.13. The van der Waals surface area contributed by atoms with Crippen LogP contribution in [0.3, 0.4) is 0 Å². The van der Waals surface area contributed by atoms with E-state index in [0.717, 1.165) is 17.3 Å². The summed E-state index contributed by atoms with van der Waals surface area (Å²) in [6.07, 6.45) is 3.74. The predicted octanol–water partition coefficient (Wildman–Crippen LogP) is 2.37. The Morgan fingerprint density at radius 2 is 2.20 bits per heavy atom. The monoisotopic (exact) mass is 226 g/mol. The molecule has 0 amide bonds. The molecule has 1 aromatic rings. The van der Waals surface area contributed by atoms with Gasteiger partial charge in [0.15, 0.2) is 0 Å². The van der Waals surface area contributed by atoms with Crippen LogP contribution < -0.4 is 0 Å². The summed E-state index contributed by atoms with van der Waals surface area (Å²) >= 11 is 1.45. The maximum atomic E-state index is 9.78. The Morgan fingerprint density at radius 1 is 1.47 bits per heavy atom. The van der Waals surface area contributed by atoms with E-state index in [4.69, 9.17) is 0 Å². The van der Waals surface area contributed by atoms with Crippen molar-refractivity contribution >= 4 is 11.5 Å². The standard InChI is InChI=1S/C11H18N2OS/c1-7(2)5-9(14)6-10-12-11(13-15-10)8-3-4-8/h7-9,14H,3-6H2,1-2H3. The summed E-state index contributed by atoms with van der Waals surface area (Å²) < 4.78 is 4.33. The van der Waals surface area contributed by atoms with E-state index in [1.807, 2.05) is 0 Å². The van der Waals surface area contributed by atoms with Gasteiger partial charge in [0, 0.05) is 12.3 Å². The Kier molecular flexibility index (Phi) is 3.36. The maximum Gasteiger partial charge on any atom is 0.145 e. The van der Waals surface area contributed by atoms with Gasteiger partial charge in [-0.05, 0) is 36.7 Å². The predicted molar refractivity (Wildman–Crippen MR) is 61.0 cm³/mol. The highest BCUT2D eigenvalue weighted by Gasteiger charge is 2.27. The molecule has 4 heteroatoms. The first-order valence-corrected chi connectivity index (χ1v) is 6.43. The zero-order chi connectivity index (χ0) is 10.8. The Hall–Kier alpha value is -0.480. The second-order valence-electron chi connectivity index (χ2n) is 4.81. The molecule has 1 N–H and O–H groups in total. The SMILES string of the molecule is CC(C)CC(O)Cc1nc(C2CC2)ns1. The van der Waals surface area contributed by atoms with Crippen LogP contribution in [0.2, 0.25) is 0 Å². The van der Waals surface area contributed by atoms with Gasteiger partial charge in [-0.1, -0.05) is 13.8 Å². The minimum atomic E-state index is -0.259. The highest BCUT2D eigenvalue weighted by molar-refractivity contribution is 7.05. The van der Waals surface area contributed by atoms with Crippen LogP contribution in [0.15, 0.2) is 0 Å². The molecule has 1 heterocycles. The van der Waals surface area contributed by atoms with Crippen LogP contribution in [0.1, 0.15) is 49.9 Å². The van der Waals surface area contributed by atoms with Crippen molar-refractivity contribution < 1.29 is 5.11 Å². The highest BCUT2D eigenvalue weighted by Crippen LogP contribution is 2.38. The number of rotatable bonds is 5. The van der Waals surface area contributed by atoms with E-state index in [9.17, 15) is 5.11 Å². The first kappa shape index (κ1) is 11.0. The van der Waals surface area contributed by atoms with Crippen molar-refractivity contribution in [3.63, 3.8) is 0 Å². The lowest BCUT2D eigenvalue weighted by atomic mass is 10.0. The zero-order valence-electron chi connectivity index (χ0n) is 9.31. The average molecular weight is 226 g/mol. The molecule has 2 rings (SSSR count). The Morgan fingerprint density at radius 3 is 2.80 bits per heavy atom. The summed E-state index contributed by atoms with van der Waals surface area (Å²) in [5.41, 5.74) is 0. The van der Waals surface area contributed by atoms with Crippen molar-refractivity contribution in [3.05, 3.63) is 10.8 Å². The molecule has 0 radical (unpaired) electrons. The fourth-order valence-electron chi connectivity index (χ4n) is 1.69. The Balaban J connectivity index is 1.86. The van der Waals surface area contributed by atoms with E-state index in [1.165, 1.54) is 24.4 Å². The molecule has 1 atom stereocenters. The van der Waals surface area contributed by atoms with Crippen LogP contribution in [0.25, 0.3) is 0 Å². The van der Waals surface area contributed by atoms with Crippen LogP contribution in [0.4, 0.5) is 0 Å². The molecule has 1 saturated carbocycles. The first-order chi connectivity index (χ1) is 7.15. The minimum absolute atomic E-state index is 0.259. The Bertz CT molecular complexity index is 320. The molecule has 1 fully saturated rings. The molecule has 1 aliphatic rings. The van der Waals surface area contributed by atoms with Crippen molar-refractivity contribution in [2.75, 3.05) is 0 Å². The molecule has 0 bridgehead atoms. The van der Waals surface area contributed by atoms with E-state index in [1.54, 1.807) is 0 Å². The lowest BCUT2D eigenvalue weighted by Gasteiger charge is -2.10. The van der Waals surface area contributed by atoms with E-state index in [-0.39, 0.29) is 6.10 Å². The molecule has 15 heavy (non-hydrogen) atoms. The molecule has 0 aliphatic heterocycles. The van der Waals surface area contributed by atoms with Gasteiger partial charge in [-0.2, -0.15) is 4.37 Å². The molecule has 1 aromatic heterocycles. The molecule has 0 spiro atoms. The van der Waals surface area contributed by atoms with Gasteiger partial charge in [0.05, 0.1) is 6.10 Å². The maximum absolute atomic E-state index is 9.78. The van der Waals surface area contributed by atoms with Crippen LogP contribution >= 0.6 is 11.5 Å². The van der Waals surface area contributed by atoms with Gasteiger partial charge >= 0.3 is 0 Å². The van der Waals surface area contributed by atoms with Gasteiger partial charge in [-0.15, -0.1) is 0 Å².